The molecule has 1 atom stereocenters. The van der Waals surface area contributed by atoms with E-state index in [0.29, 0.717) is 5.69 Å². The number of amides is 1. The van der Waals surface area contributed by atoms with Crippen molar-refractivity contribution < 1.29 is 13.2 Å². The Kier molecular flexibility index (Phi) is 6.31. The van der Waals surface area contributed by atoms with Gasteiger partial charge >= 0.3 is 0 Å². The largest absolute Gasteiger partial charge is 0.324 e. The minimum atomic E-state index is -3.64. The summed E-state index contributed by atoms with van der Waals surface area (Å²) in [5.41, 5.74) is 4.13. The summed E-state index contributed by atoms with van der Waals surface area (Å²) in [5.74, 6) is -0.128. The Bertz CT molecular complexity index is 936. The van der Waals surface area contributed by atoms with Crippen LogP contribution in [0, 0.1) is 13.8 Å². The summed E-state index contributed by atoms with van der Waals surface area (Å²) in [4.78, 5) is 13.0. The Morgan fingerprint density at radius 3 is 2.22 bits per heavy atom. The normalized spacial score (nSPS) is 12.7. The molecule has 1 N–H and O–H groups in total. The quantitative estimate of drug-likeness (QED) is 0.806. The minimum absolute atomic E-state index is 0.235. The first-order valence-corrected chi connectivity index (χ1v) is 10.8. The first-order chi connectivity index (χ1) is 12.5. The summed E-state index contributed by atoms with van der Waals surface area (Å²) in [5, 5.41) is 2.95. The standard InChI is InChI=1S/C21H28N2O3S/c1-14(2)19-12-8-10-16(4)20(19)22-21(24)17(5)23(27(6,25)26)18-11-7-9-15(3)13-18/h7-14,17H,1-6H3,(H,22,24). The molecular weight excluding hydrogens is 360 g/mol. The molecule has 2 rings (SSSR count). The van der Waals surface area contributed by atoms with Gasteiger partial charge in [0, 0.05) is 5.69 Å². The van der Waals surface area contributed by atoms with Crippen molar-refractivity contribution in [2.24, 2.45) is 0 Å². The fourth-order valence-electron chi connectivity index (χ4n) is 3.14. The van der Waals surface area contributed by atoms with Crippen LogP contribution in [0.15, 0.2) is 42.5 Å². The van der Waals surface area contributed by atoms with Gasteiger partial charge < -0.3 is 5.32 Å². The van der Waals surface area contributed by atoms with Gasteiger partial charge in [-0.1, -0.05) is 44.2 Å². The number of nitrogens with one attached hydrogen (secondary N) is 1. The summed E-state index contributed by atoms with van der Waals surface area (Å²) < 4.78 is 26.0. The summed E-state index contributed by atoms with van der Waals surface area (Å²) in [6.45, 7) is 9.54. The van der Waals surface area contributed by atoms with Crippen LogP contribution in [-0.2, 0) is 14.8 Å². The number of aryl methyl sites for hydroxylation is 2. The number of benzene rings is 2. The zero-order chi connectivity index (χ0) is 20.4. The second-order valence-electron chi connectivity index (χ2n) is 7.26. The molecule has 2 aromatic rings. The number of carbonyl (C=O) groups excluding carboxylic acids is 1. The van der Waals surface area contributed by atoms with Crippen LogP contribution < -0.4 is 9.62 Å². The van der Waals surface area contributed by atoms with Crippen molar-refractivity contribution in [3.63, 3.8) is 0 Å². The minimum Gasteiger partial charge on any atom is -0.324 e. The van der Waals surface area contributed by atoms with Crippen molar-refractivity contribution in [3.05, 3.63) is 59.2 Å². The predicted molar refractivity (Wildman–Crippen MR) is 112 cm³/mol. The Hall–Kier alpha value is -2.34. The SMILES string of the molecule is Cc1cccc(N(C(C)C(=O)Nc2c(C)cccc2C(C)C)S(C)(=O)=O)c1. The van der Waals surface area contributed by atoms with Crippen molar-refractivity contribution >= 4 is 27.3 Å². The molecule has 0 aliphatic rings. The average Bonchev–Trinajstić information content (AvgIpc) is 2.55. The molecule has 0 bridgehead atoms. The van der Waals surface area contributed by atoms with E-state index in [2.05, 4.69) is 19.2 Å². The summed E-state index contributed by atoms with van der Waals surface area (Å²) in [6, 6.07) is 12.1. The molecule has 0 saturated carbocycles. The zero-order valence-electron chi connectivity index (χ0n) is 16.8. The van der Waals surface area contributed by atoms with E-state index in [-0.39, 0.29) is 11.8 Å². The lowest BCUT2D eigenvalue weighted by atomic mass is 9.98. The molecule has 27 heavy (non-hydrogen) atoms. The number of rotatable bonds is 6. The second-order valence-corrected chi connectivity index (χ2v) is 9.12. The van der Waals surface area contributed by atoms with Crippen molar-refractivity contribution in [2.45, 2.75) is 46.6 Å². The molecule has 5 nitrogen and oxygen atoms in total. The molecule has 0 radical (unpaired) electrons. The number of carbonyl (C=O) groups is 1. The van der Waals surface area contributed by atoms with Crippen LogP contribution in [0.1, 0.15) is 43.4 Å². The number of sulfonamides is 1. The van der Waals surface area contributed by atoms with Crippen LogP contribution in [0.25, 0.3) is 0 Å². The van der Waals surface area contributed by atoms with Crippen molar-refractivity contribution in [1.82, 2.24) is 0 Å². The van der Waals surface area contributed by atoms with Crippen LogP contribution in [0.5, 0.6) is 0 Å². The average molecular weight is 389 g/mol. The van der Waals surface area contributed by atoms with Gasteiger partial charge in [-0.25, -0.2) is 8.42 Å². The maximum atomic E-state index is 13.0. The van der Waals surface area contributed by atoms with Gasteiger partial charge in [0.05, 0.1) is 11.9 Å². The van der Waals surface area contributed by atoms with Crippen molar-refractivity contribution in [3.8, 4) is 0 Å². The first kappa shape index (κ1) is 21.0. The van der Waals surface area contributed by atoms with Crippen LogP contribution in [-0.4, -0.2) is 26.6 Å². The van der Waals surface area contributed by atoms with Crippen molar-refractivity contribution in [2.75, 3.05) is 15.9 Å². The molecular formula is C21H28N2O3S. The van der Waals surface area contributed by atoms with Gasteiger partial charge in [-0.15, -0.1) is 0 Å². The molecule has 0 heterocycles. The van der Waals surface area contributed by atoms with Gasteiger partial charge in [-0.3, -0.25) is 9.10 Å². The third-order valence-electron chi connectivity index (χ3n) is 4.52. The highest BCUT2D eigenvalue weighted by atomic mass is 32.2. The molecule has 6 heteroatoms. The highest BCUT2D eigenvalue weighted by molar-refractivity contribution is 7.92. The topological polar surface area (TPSA) is 66.5 Å². The first-order valence-electron chi connectivity index (χ1n) is 8.98. The molecule has 0 saturated heterocycles. The van der Waals surface area contributed by atoms with Gasteiger partial charge in [0.1, 0.15) is 6.04 Å². The molecule has 1 unspecified atom stereocenters. The Balaban J connectivity index is 2.40. The lowest BCUT2D eigenvalue weighted by Crippen LogP contribution is -2.45. The van der Waals surface area contributed by atoms with Crippen LogP contribution in [0.2, 0.25) is 0 Å². The third kappa shape index (κ3) is 4.89. The Labute approximate surface area is 162 Å². The second kappa shape index (κ2) is 8.13. The summed E-state index contributed by atoms with van der Waals surface area (Å²) in [7, 11) is -3.64. The van der Waals surface area contributed by atoms with Gasteiger partial charge in [0.15, 0.2) is 0 Å². The maximum Gasteiger partial charge on any atom is 0.248 e. The van der Waals surface area contributed by atoms with Gasteiger partial charge in [-0.2, -0.15) is 0 Å². The molecule has 0 spiro atoms. The monoisotopic (exact) mass is 388 g/mol. The van der Waals surface area contributed by atoms with E-state index >= 15 is 0 Å². The maximum absolute atomic E-state index is 13.0. The smallest absolute Gasteiger partial charge is 0.248 e. The Morgan fingerprint density at radius 2 is 1.67 bits per heavy atom. The van der Waals surface area contributed by atoms with Gasteiger partial charge in [0.2, 0.25) is 15.9 Å². The lowest BCUT2D eigenvalue weighted by molar-refractivity contribution is -0.116. The van der Waals surface area contributed by atoms with Crippen LogP contribution in [0.4, 0.5) is 11.4 Å². The van der Waals surface area contributed by atoms with E-state index in [1.54, 1.807) is 25.1 Å². The van der Waals surface area contributed by atoms with Crippen LogP contribution >= 0.6 is 0 Å². The molecule has 2 aromatic carbocycles. The molecule has 1 amide bonds. The van der Waals surface area contributed by atoms with E-state index in [0.717, 1.165) is 28.6 Å². The molecule has 0 aliphatic carbocycles. The highest BCUT2D eigenvalue weighted by Crippen LogP contribution is 2.28. The van der Waals surface area contributed by atoms with Gasteiger partial charge in [-0.05, 0) is 55.5 Å². The number of anilines is 2. The predicted octanol–water partition coefficient (Wildman–Crippen LogP) is 4.22. The number of hydrogen-bond donors (Lipinski definition) is 1. The van der Waals surface area contributed by atoms with E-state index in [4.69, 9.17) is 0 Å². The molecule has 0 aliphatic heterocycles. The number of nitrogens with zero attached hydrogens (tertiary/aromatic N) is 1. The fraction of sp³-hybridized carbons (Fsp3) is 0.381. The zero-order valence-corrected chi connectivity index (χ0v) is 17.6. The van der Waals surface area contributed by atoms with Gasteiger partial charge in [0.25, 0.3) is 0 Å². The molecule has 146 valence electrons. The summed E-state index contributed by atoms with van der Waals surface area (Å²) in [6.07, 6.45) is 1.12. The van der Waals surface area contributed by atoms with E-state index < -0.39 is 16.1 Å². The number of hydrogen-bond acceptors (Lipinski definition) is 3. The fourth-order valence-corrected chi connectivity index (χ4v) is 4.31. The van der Waals surface area contributed by atoms with E-state index in [1.165, 1.54) is 4.31 Å². The van der Waals surface area contributed by atoms with E-state index in [9.17, 15) is 13.2 Å². The highest BCUT2D eigenvalue weighted by Gasteiger charge is 2.29. The van der Waals surface area contributed by atoms with Crippen molar-refractivity contribution in [1.29, 1.82) is 0 Å². The Morgan fingerprint density at radius 1 is 1.04 bits per heavy atom. The third-order valence-corrected chi connectivity index (χ3v) is 5.76. The number of para-hydroxylation sites is 1. The molecule has 0 aromatic heterocycles. The van der Waals surface area contributed by atoms with Crippen LogP contribution in [0.3, 0.4) is 0 Å². The molecule has 0 fully saturated rings. The van der Waals surface area contributed by atoms with E-state index in [1.807, 2.05) is 38.1 Å². The summed E-state index contributed by atoms with van der Waals surface area (Å²) >= 11 is 0. The lowest BCUT2D eigenvalue weighted by Gasteiger charge is -2.29.